The highest BCUT2D eigenvalue weighted by molar-refractivity contribution is 5.78. The van der Waals surface area contributed by atoms with Gasteiger partial charge in [-0.25, -0.2) is 4.39 Å². The molecular formula is C15H23FN2O2. The molecule has 1 aromatic carbocycles. The number of phenolic OH excluding ortho intramolecular Hbond substituents is 1. The molecule has 0 saturated heterocycles. The molecule has 0 aliphatic heterocycles. The lowest BCUT2D eigenvalue weighted by atomic mass is 10.1. The Balaban J connectivity index is 2.79. The van der Waals surface area contributed by atoms with Gasteiger partial charge in [-0.1, -0.05) is 0 Å². The molecule has 1 amide bonds. The van der Waals surface area contributed by atoms with Crippen LogP contribution in [0.15, 0.2) is 18.2 Å². The third-order valence-corrected chi connectivity index (χ3v) is 3.60. The molecule has 1 unspecified atom stereocenters. The van der Waals surface area contributed by atoms with Crippen LogP contribution < -0.4 is 0 Å². The molecule has 1 atom stereocenters. The second-order valence-corrected chi connectivity index (χ2v) is 4.86. The molecule has 0 spiro atoms. The van der Waals surface area contributed by atoms with Crippen molar-refractivity contribution in [3.63, 3.8) is 0 Å². The van der Waals surface area contributed by atoms with Gasteiger partial charge in [-0.05, 0) is 46.0 Å². The van der Waals surface area contributed by atoms with Gasteiger partial charge in [-0.3, -0.25) is 9.69 Å². The van der Waals surface area contributed by atoms with Crippen molar-refractivity contribution in [1.82, 2.24) is 9.80 Å². The standard InChI is InChI=1S/C15H23FN2O2/c1-5-18(6-2)15(20)10-17(4)11(3)13-9-12(16)7-8-14(13)19/h7-9,11,19H,5-6,10H2,1-4H3. The van der Waals surface area contributed by atoms with E-state index >= 15 is 0 Å². The summed E-state index contributed by atoms with van der Waals surface area (Å²) < 4.78 is 13.3. The smallest absolute Gasteiger partial charge is 0.236 e. The van der Waals surface area contributed by atoms with Gasteiger partial charge in [0, 0.05) is 24.7 Å². The molecule has 1 rings (SSSR count). The van der Waals surface area contributed by atoms with Crippen LogP contribution in [-0.2, 0) is 4.79 Å². The van der Waals surface area contributed by atoms with Gasteiger partial charge < -0.3 is 10.0 Å². The number of hydrogen-bond acceptors (Lipinski definition) is 3. The highest BCUT2D eigenvalue weighted by Gasteiger charge is 2.20. The molecule has 0 bridgehead atoms. The summed E-state index contributed by atoms with van der Waals surface area (Å²) in [5.74, 6) is -0.325. The van der Waals surface area contributed by atoms with Crippen LogP contribution >= 0.6 is 0 Å². The number of aromatic hydroxyl groups is 1. The number of likely N-dealkylation sites (N-methyl/N-ethyl adjacent to an activating group) is 2. The minimum Gasteiger partial charge on any atom is -0.508 e. The molecule has 0 heterocycles. The Morgan fingerprint density at radius 2 is 1.95 bits per heavy atom. The minimum atomic E-state index is -0.395. The summed E-state index contributed by atoms with van der Waals surface area (Å²) in [5.41, 5.74) is 0.486. The quantitative estimate of drug-likeness (QED) is 0.871. The first-order valence-electron chi connectivity index (χ1n) is 6.87. The predicted octanol–water partition coefficient (Wildman–Crippen LogP) is 2.39. The lowest BCUT2D eigenvalue weighted by Gasteiger charge is -2.28. The maximum Gasteiger partial charge on any atom is 0.236 e. The van der Waals surface area contributed by atoms with Crippen LogP contribution in [0.5, 0.6) is 5.75 Å². The largest absolute Gasteiger partial charge is 0.508 e. The molecule has 0 fully saturated rings. The molecule has 0 saturated carbocycles. The van der Waals surface area contributed by atoms with E-state index in [1.807, 2.05) is 20.8 Å². The fourth-order valence-electron chi connectivity index (χ4n) is 2.12. The van der Waals surface area contributed by atoms with Crippen LogP contribution in [0.3, 0.4) is 0 Å². The topological polar surface area (TPSA) is 43.8 Å². The SMILES string of the molecule is CCN(CC)C(=O)CN(C)C(C)c1cc(F)ccc1O. The monoisotopic (exact) mass is 282 g/mol. The van der Waals surface area contributed by atoms with Crippen molar-refractivity contribution in [1.29, 1.82) is 0 Å². The fourth-order valence-corrected chi connectivity index (χ4v) is 2.12. The minimum absolute atomic E-state index is 0.0280. The molecular weight excluding hydrogens is 259 g/mol. The van der Waals surface area contributed by atoms with E-state index in [1.165, 1.54) is 18.2 Å². The Hall–Kier alpha value is -1.62. The number of amides is 1. The van der Waals surface area contributed by atoms with E-state index in [-0.39, 0.29) is 24.2 Å². The average molecular weight is 282 g/mol. The zero-order chi connectivity index (χ0) is 15.3. The number of rotatable bonds is 6. The number of hydrogen-bond donors (Lipinski definition) is 1. The summed E-state index contributed by atoms with van der Waals surface area (Å²) in [6.07, 6.45) is 0. The first-order chi connectivity index (χ1) is 9.40. The predicted molar refractivity (Wildman–Crippen MR) is 77.0 cm³/mol. The number of benzene rings is 1. The van der Waals surface area contributed by atoms with Crippen molar-refractivity contribution in [2.24, 2.45) is 0 Å². The molecule has 0 radical (unpaired) electrons. The van der Waals surface area contributed by atoms with E-state index in [1.54, 1.807) is 16.8 Å². The number of phenols is 1. The number of carbonyl (C=O) groups is 1. The molecule has 112 valence electrons. The van der Waals surface area contributed by atoms with Crippen molar-refractivity contribution in [2.45, 2.75) is 26.8 Å². The summed E-state index contributed by atoms with van der Waals surface area (Å²) in [7, 11) is 1.79. The molecule has 0 aliphatic rings. The van der Waals surface area contributed by atoms with E-state index in [4.69, 9.17) is 0 Å². The second kappa shape index (κ2) is 7.24. The lowest BCUT2D eigenvalue weighted by Crippen LogP contribution is -2.39. The van der Waals surface area contributed by atoms with Crippen molar-refractivity contribution in [3.05, 3.63) is 29.6 Å². The highest BCUT2D eigenvalue weighted by Crippen LogP contribution is 2.28. The Morgan fingerprint density at radius 1 is 1.35 bits per heavy atom. The van der Waals surface area contributed by atoms with Gasteiger partial charge in [0.05, 0.1) is 6.54 Å². The van der Waals surface area contributed by atoms with Crippen LogP contribution in [0.2, 0.25) is 0 Å². The van der Waals surface area contributed by atoms with Gasteiger partial charge in [0.15, 0.2) is 0 Å². The Bertz CT molecular complexity index is 461. The average Bonchev–Trinajstić information content (AvgIpc) is 2.42. The maximum atomic E-state index is 13.3. The van der Waals surface area contributed by atoms with Gasteiger partial charge >= 0.3 is 0 Å². The molecule has 20 heavy (non-hydrogen) atoms. The zero-order valence-electron chi connectivity index (χ0n) is 12.6. The number of carbonyl (C=O) groups excluding carboxylic acids is 1. The summed E-state index contributed by atoms with van der Waals surface area (Å²) in [6.45, 7) is 7.28. The third-order valence-electron chi connectivity index (χ3n) is 3.60. The Labute approximate surface area is 119 Å². The lowest BCUT2D eigenvalue weighted by molar-refractivity contribution is -0.132. The number of nitrogens with zero attached hydrogens (tertiary/aromatic N) is 2. The van der Waals surface area contributed by atoms with Gasteiger partial charge in [0.1, 0.15) is 11.6 Å². The van der Waals surface area contributed by atoms with E-state index in [0.717, 1.165) is 0 Å². The van der Waals surface area contributed by atoms with Crippen LogP contribution in [-0.4, -0.2) is 47.5 Å². The molecule has 0 aliphatic carbocycles. The van der Waals surface area contributed by atoms with Crippen molar-refractivity contribution in [2.75, 3.05) is 26.7 Å². The zero-order valence-corrected chi connectivity index (χ0v) is 12.6. The van der Waals surface area contributed by atoms with Gasteiger partial charge in [0.25, 0.3) is 0 Å². The first kappa shape index (κ1) is 16.4. The van der Waals surface area contributed by atoms with Crippen LogP contribution in [0.4, 0.5) is 4.39 Å². The summed E-state index contributed by atoms with van der Waals surface area (Å²) in [6, 6.07) is 3.61. The van der Waals surface area contributed by atoms with E-state index < -0.39 is 5.82 Å². The van der Waals surface area contributed by atoms with Crippen molar-refractivity contribution < 1.29 is 14.3 Å². The van der Waals surface area contributed by atoms with Gasteiger partial charge in [0.2, 0.25) is 5.91 Å². The van der Waals surface area contributed by atoms with Crippen LogP contribution in [0.25, 0.3) is 0 Å². The van der Waals surface area contributed by atoms with Crippen molar-refractivity contribution >= 4 is 5.91 Å². The number of halogens is 1. The summed E-state index contributed by atoms with van der Waals surface area (Å²) in [5, 5.41) is 9.80. The van der Waals surface area contributed by atoms with Gasteiger partial charge in [-0.2, -0.15) is 0 Å². The molecule has 0 aromatic heterocycles. The highest BCUT2D eigenvalue weighted by atomic mass is 19.1. The van der Waals surface area contributed by atoms with Crippen LogP contribution in [0, 0.1) is 5.82 Å². The van der Waals surface area contributed by atoms with E-state index in [2.05, 4.69) is 0 Å². The first-order valence-corrected chi connectivity index (χ1v) is 6.87. The van der Waals surface area contributed by atoms with Crippen LogP contribution in [0.1, 0.15) is 32.4 Å². The third kappa shape index (κ3) is 3.93. The van der Waals surface area contributed by atoms with E-state index in [0.29, 0.717) is 18.7 Å². The van der Waals surface area contributed by atoms with E-state index in [9.17, 15) is 14.3 Å². The molecule has 4 nitrogen and oxygen atoms in total. The van der Waals surface area contributed by atoms with Gasteiger partial charge in [-0.15, -0.1) is 0 Å². The summed E-state index contributed by atoms with van der Waals surface area (Å²) in [4.78, 5) is 15.6. The molecule has 1 N–H and O–H groups in total. The Kier molecular flexibility index (Phi) is 5.95. The Morgan fingerprint density at radius 3 is 2.50 bits per heavy atom. The molecule has 1 aromatic rings. The normalized spacial score (nSPS) is 12.5. The second-order valence-electron chi connectivity index (χ2n) is 4.86. The van der Waals surface area contributed by atoms with Crippen molar-refractivity contribution in [3.8, 4) is 5.75 Å². The summed E-state index contributed by atoms with van der Waals surface area (Å²) >= 11 is 0. The maximum absolute atomic E-state index is 13.3. The fraction of sp³-hybridized carbons (Fsp3) is 0.533. The molecule has 5 heteroatoms.